The summed E-state index contributed by atoms with van der Waals surface area (Å²) in [5.41, 5.74) is 14.7. The minimum absolute atomic E-state index is 0.413. The van der Waals surface area contributed by atoms with E-state index in [9.17, 15) is 0 Å². The molecule has 1 aliphatic heterocycles. The molecule has 0 amide bonds. The van der Waals surface area contributed by atoms with Gasteiger partial charge in [-0.25, -0.2) is 0 Å². The van der Waals surface area contributed by atoms with Crippen LogP contribution in [0.4, 0.5) is 17.1 Å². The maximum Gasteiger partial charge on any atom is 0.0568 e. The van der Waals surface area contributed by atoms with Gasteiger partial charge in [-0.2, -0.15) is 0 Å². The van der Waals surface area contributed by atoms with Crippen molar-refractivity contribution in [2.45, 2.75) is 40.0 Å². The molecule has 1 aromatic rings. The Kier molecular flexibility index (Phi) is 3.93. The van der Waals surface area contributed by atoms with Crippen LogP contribution in [0.3, 0.4) is 0 Å². The molecule has 0 aromatic heterocycles. The predicted octanol–water partition coefficient (Wildman–Crippen LogP) is 3.50. The summed E-state index contributed by atoms with van der Waals surface area (Å²) in [5.74, 6) is 0.809. The molecule has 1 atom stereocenters. The van der Waals surface area contributed by atoms with Crippen molar-refractivity contribution in [3.63, 3.8) is 0 Å². The maximum absolute atomic E-state index is 5.91. The van der Waals surface area contributed by atoms with Crippen LogP contribution in [0, 0.1) is 11.3 Å². The van der Waals surface area contributed by atoms with E-state index in [4.69, 9.17) is 11.5 Å². The van der Waals surface area contributed by atoms with Crippen molar-refractivity contribution < 1.29 is 0 Å². The predicted molar refractivity (Wildman–Crippen MR) is 84.3 cm³/mol. The van der Waals surface area contributed by atoms with E-state index in [1.807, 2.05) is 12.1 Å². The van der Waals surface area contributed by atoms with Gasteiger partial charge in [0.15, 0.2) is 0 Å². The largest absolute Gasteiger partial charge is 0.397 e. The summed E-state index contributed by atoms with van der Waals surface area (Å²) in [4.78, 5) is 2.45. The number of benzene rings is 1. The van der Waals surface area contributed by atoms with Gasteiger partial charge in [-0.1, -0.05) is 20.8 Å². The Hall–Kier alpha value is -1.38. The highest BCUT2D eigenvalue weighted by Crippen LogP contribution is 2.35. The molecule has 2 rings (SSSR count). The fourth-order valence-corrected chi connectivity index (χ4v) is 2.98. The number of nitrogens with zero attached hydrogens (tertiary/aromatic N) is 1. The van der Waals surface area contributed by atoms with Gasteiger partial charge in [-0.05, 0) is 48.8 Å². The van der Waals surface area contributed by atoms with Crippen LogP contribution in [0.1, 0.15) is 40.0 Å². The molecule has 1 heterocycles. The molecule has 0 saturated carbocycles. The zero-order valence-corrected chi connectivity index (χ0v) is 12.4. The van der Waals surface area contributed by atoms with Gasteiger partial charge in [0.1, 0.15) is 0 Å². The summed E-state index contributed by atoms with van der Waals surface area (Å²) in [5, 5.41) is 0. The summed E-state index contributed by atoms with van der Waals surface area (Å²) in [6.45, 7) is 9.30. The molecule has 1 aromatic carbocycles. The SMILES string of the molecule is CC(C)(C)C1CCCN(c2ccc(N)c(N)c2)CC1. The third-order valence-electron chi connectivity index (χ3n) is 4.39. The minimum atomic E-state index is 0.413. The Morgan fingerprint density at radius 3 is 2.42 bits per heavy atom. The average Bonchev–Trinajstić information content (AvgIpc) is 2.57. The lowest BCUT2D eigenvalue weighted by molar-refractivity contribution is 0.220. The third-order valence-corrected chi connectivity index (χ3v) is 4.39. The monoisotopic (exact) mass is 261 g/mol. The first-order chi connectivity index (χ1) is 8.88. The molecule has 1 aliphatic rings. The molecule has 0 spiro atoms. The summed E-state index contributed by atoms with van der Waals surface area (Å²) < 4.78 is 0. The van der Waals surface area contributed by atoms with Crippen LogP contribution in [-0.4, -0.2) is 13.1 Å². The number of hydrogen-bond acceptors (Lipinski definition) is 3. The topological polar surface area (TPSA) is 55.3 Å². The molecule has 106 valence electrons. The van der Waals surface area contributed by atoms with Gasteiger partial charge in [0.05, 0.1) is 11.4 Å². The van der Waals surface area contributed by atoms with Crippen LogP contribution in [0.5, 0.6) is 0 Å². The normalized spacial score (nSPS) is 21.2. The van der Waals surface area contributed by atoms with Gasteiger partial charge in [0.25, 0.3) is 0 Å². The average molecular weight is 261 g/mol. The second-order valence-electron chi connectivity index (χ2n) is 6.79. The zero-order valence-electron chi connectivity index (χ0n) is 12.4. The van der Waals surface area contributed by atoms with Crippen molar-refractivity contribution in [1.82, 2.24) is 0 Å². The van der Waals surface area contributed by atoms with Gasteiger partial charge < -0.3 is 16.4 Å². The number of hydrogen-bond donors (Lipinski definition) is 2. The van der Waals surface area contributed by atoms with Crippen molar-refractivity contribution >= 4 is 17.1 Å². The lowest BCUT2D eigenvalue weighted by Gasteiger charge is -2.30. The zero-order chi connectivity index (χ0) is 14.0. The lowest BCUT2D eigenvalue weighted by atomic mass is 9.77. The first-order valence-electron chi connectivity index (χ1n) is 7.28. The van der Waals surface area contributed by atoms with Gasteiger partial charge in [0.2, 0.25) is 0 Å². The summed E-state index contributed by atoms with van der Waals surface area (Å²) >= 11 is 0. The van der Waals surface area contributed by atoms with Crippen LogP contribution in [0.2, 0.25) is 0 Å². The summed E-state index contributed by atoms with van der Waals surface area (Å²) in [6, 6.07) is 6.01. The molecule has 19 heavy (non-hydrogen) atoms. The van der Waals surface area contributed by atoms with Crippen molar-refractivity contribution in [2.75, 3.05) is 29.5 Å². The molecule has 3 nitrogen and oxygen atoms in total. The quantitative estimate of drug-likeness (QED) is 0.761. The number of nitrogen functional groups attached to an aromatic ring is 2. The van der Waals surface area contributed by atoms with Crippen molar-refractivity contribution in [3.05, 3.63) is 18.2 Å². The Morgan fingerprint density at radius 2 is 1.79 bits per heavy atom. The second-order valence-corrected chi connectivity index (χ2v) is 6.79. The third kappa shape index (κ3) is 3.34. The Bertz CT molecular complexity index is 434. The van der Waals surface area contributed by atoms with Crippen LogP contribution < -0.4 is 16.4 Å². The Labute approximate surface area is 117 Å². The van der Waals surface area contributed by atoms with Crippen LogP contribution in [0.25, 0.3) is 0 Å². The van der Waals surface area contributed by atoms with E-state index in [1.54, 1.807) is 0 Å². The standard InChI is InChI=1S/C16H27N3/c1-16(2,3)12-5-4-9-19(10-8-12)13-6-7-14(17)15(18)11-13/h6-7,11-12H,4-5,8-10,17-18H2,1-3H3. The van der Waals surface area contributed by atoms with E-state index in [-0.39, 0.29) is 0 Å². The first-order valence-corrected chi connectivity index (χ1v) is 7.28. The summed E-state index contributed by atoms with van der Waals surface area (Å²) in [6.07, 6.45) is 3.84. The van der Waals surface area contributed by atoms with Crippen LogP contribution >= 0.6 is 0 Å². The molecular weight excluding hydrogens is 234 g/mol. The molecule has 1 saturated heterocycles. The number of anilines is 3. The van der Waals surface area contributed by atoms with Crippen molar-refractivity contribution in [1.29, 1.82) is 0 Å². The van der Waals surface area contributed by atoms with Crippen molar-refractivity contribution in [3.8, 4) is 0 Å². The molecule has 3 heteroatoms. The van der Waals surface area contributed by atoms with Crippen LogP contribution in [-0.2, 0) is 0 Å². The van der Waals surface area contributed by atoms with E-state index < -0.39 is 0 Å². The van der Waals surface area contributed by atoms with Crippen LogP contribution in [0.15, 0.2) is 18.2 Å². The summed E-state index contributed by atoms with van der Waals surface area (Å²) in [7, 11) is 0. The molecule has 4 N–H and O–H groups in total. The Balaban J connectivity index is 2.08. The van der Waals surface area contributed by atoms with Crippen molar-refractivity contribution in [2.24, 2.45) is 11.3 Å². The first kappa shape index (κ1) is 14.0. The lowest BCUT2D eigenvalue weighted by Crippen LogP contribution is -2.26. The van der Waals surface area contributed by atoms with Gasteiger partial charge in [-0.3, -0.25) is 0 Å². The second kappa shape index (κ2) is 5.32. The fourth-order valence-electron chi connectivity index (χ4n) is 2.98. The molecular formula is C16H27N3. The molecule has 0 bridgehead atoms. The highest BCUT2D eigenvalue weighted by molar-refractivity contribution is 5.69. The Morgan fingerprint density at radius 1 is 1.05 bits per heavy atom. The van der Waals surface area contributed by atoms with E-state index in [0.29, 0.717) is 16.8 Å². The minimum Gasteiger partial charge on any atom is -0.397 e. The smallest absolute Gasteiger partial charge is 0.0568 e. The van der Waals surface area contributed by atoms with E-state index in [0.717, 1.165) is 19.0 Å². The molecule has 1 unspecified atom stereocenters. The fraction of sp³-hybridized carbons (Fsp3) is 0.625. The van der Waals surface area contributed by atoms with E-state index in [2.05, 4.69) is 31.7 Å². The maximum atomic E-state index is 5.91. The number of rotatable bonds is 1. The highest BCUT2D eigenvalue weighted by atomic mass is 15.1. The molecule has 0 aliphatic carbocycles. The van der Waals surface area contributed by atoms with E-state index in [1.165, 1.54) is 24.9 Å². The van der Waals surface area contributed by atoms with Gasteiger partial charge in [0, 0.05) is 18.8 Å². The molecule has 1 fully saturated rings. The molecule has 0 radical (unpaired) electrons. The van der Waals surface area contributed by atoms with Gasteiger partial charge in [-0.15, -0.1) is 0 Å². The number of nitrogens with two attached hydrogens (primary N) is 2. The van der Waals surface area contributed by atoms with Gasteiger partial charge >= 0.3 is 0 Å². The highest BCUT2D eigenvalue weighted by Gasteiger charge is 2.27. The van der Waals surface area contributed by atoms with E-state index >= 15 is 0 Å².